The Kier molecular flexibility index (Phi) is 5.34. The minimum Gasteiger partial charge on any atom is -0.392 e. The van der Waals surface area contributed by atoms with E-state index < -0.39 is 0 Å². The molecule has 0 bridgehead atoms. The number of hydrogen-bond acceptors (Lipinski definition) is 3. The Balaban J connectivity index is 2.70. The van der Waals surface area contributed by atoms with Crippen molar-refractivity contribution >= 4 is 5.91 Å². The van der Waals surface area contributed by atoms with E-state index >= 15 is 0 Å². The summed E-state index contributed by atoms with van der Waals surface area (Å²) in [5.74, 6) is -0.0289. The molecule has 0 aliphatic carbocycles. The van der Waals surface area contributed by atoms with Gasteiger partial charge in [0.2, 0.25) is 5.91 Å². The van der Waals surface area contributed by atoms with Crippen LogP contribution in [0.2, 0.25) is 0 Å². The Morgan fingerprint density at radius 3 is 2.44 bits per heavy atom. The molecule has 5 nitrogen and oxygen atoms in total. The topological polar surface area (TPSA) is 67.2 Å². The van der Waals surface area contributed by atoms with Crippen LogP contribution in [0, 0.1) is 13.8 Å². The predicted octanol–water partition coefficient (Wildman–Crippen LogP) is 1.30. The molecule has 0 aliphatic rings. The third-order valence-electron chi connectivity index (χ3n) is 3.33. The second-order valence-corrected chi connectivity index (χ2v) is 4.55. The van der Waals surface area contributed by atoms with Gasteiger partial charge in [0, 0.05) is 17.3 Å². The number of aliphatic hydroxyl groups excluding tert-OH is 1. The lowest BCUT2D eigenvalue weighted by Crippen LogP contribution is -2.36. The number of amides is 1. The van der Waals surface area contributed by atoms with Crippen LogP contribution in [0.25, 0.3) is 0 Å². The Bertz CT molecular complexity index is 409. The Morgan fingerprint density at radius 1 is 1.39 bits per heavy atom. The normalized spacial score (nSPS) is 11.0. The zero-order chi connectivity index (χ0) is 13.7. The van der Waals surface area contributed by atoms with Crippen LogP contribution in [0.1, 0.15) is 43.6 Å². The zero-order valence-corrected chi connectivity index (χ0v) is 11.7. The average Bonchev–Trinajstić information content (AvgIpc) is 2.61. The van der Waals surface area contributed by atoms with Crippen LogP contribution in [0.3, 0.4) is 0 Å². The smallest absolute Gasteiger partial charge is 0.241 e. The number of carbonyl (C=O) groups excluding carboxylic acids is 1. The number of hydrogen-bond donors (Lipinski definition) is 2. The highest BCUT2D eigenvalue weighted by Gasteiger charge is 2.14. The van der Waals surface area contributed by atoms with Crippen LogP contribution in [-0.4, -0.2) is 26.8 Å². The zero-order valence-electron chi connectivity index (χ0n) is 11.7. The highest BCUT2D eigenvalue weighted by Crippen LogP contribution is 2.12. The number of nitrogens with one attached hydrogen (secondary N) is 1. The van der Waals surface area contributed by atoms with Gasteiger partial charge in [0.25, 0.3) is 0 Å². The van der Waals surface area contributed by atoms with Crippen LogP contribution < -0.4 is 5.32 Å². The Hall–Kier alpha value is -1.36. The minimum atomic E-state index is -0.0359. The van der Waals surface area contributed by atoms with Gasteiger partial charge in [-0.05, 0) is 26.7 Å². The first kappa shape index (κ1) is 14.7. The van der Waals surface area contributed by atoms with E-state index in [0.717, 1.165) is 29.8 Å². The van der Waals surface area contributed by atoms with Crippen molar-refractivity contribution < 1.29 is 9.90 Å². The van der Waals surface area contributed by atoms with Crippen molar-refractivity contribution in [2.45, 2.75) is 59.7 Å². The SMILES string of the molecule is CCC(CC)NC(=O)Cn1nc(C)c(CO)c1C. The van der Waals surface area contributed by atoms with Crippen LogP contribution >= 0.6 is 0 Å². The minimum absolute atomic E-state index is 0.0289. The number of aryl methyl sites for hydroxylation is 1. The molecule has 0 aromatic carbocycles. The molecule has 0 saturated carbocycles. The lowest BCUT2D eigenvalue weighted by Gasteiger charge is -2.15. The second kappa shape index (κ2) is 6.54. The summed E-state index contributed by atoms with van der Waals surface area (Å²) in [4.78, 5) is 11.9. The van der Waals surface area contributed by atoms with Crippen molar-refractivity contribution in [1.29, 1.82) is 0 Å². The second-order valence-electron chi connectivity index (χ2n) is 4.55. The highest BCUT2D eigenvalue weighted by atomic mass is 16.3. The lowest BCUT2D eigenvalue weighted by molar-refractivity contribution is -0.122. The number of rotatable bonds is 6. The van der Waals surface area contributed by atoms with E-state index in [1.54, 1.807) is 4.68 Å². The fraction of sp³-hybridized carbons (Fsp3) is 0.692. The number of carbonyl (C=O) groups is 1. The van der Waals surface area contributed by atoms with Crippen molar-refractivity contribution in [2.75, 3.05) is 0 Å². The van der Waals surface area contributed by atoms with Crippen molar-refractivity contribution in [3.05, 3.63) is 17.0 Å². The largest absolute Gasteiger partial charge is 0.392 e. The van der Waals surface area contributed by atoms with Gasteiger partial charge in [-0.2, -0.15) is 5.10 Å². The van der Waals surface area contributed by atoms with E-state index in [-0.39, 0.29) is 25.1 Å². The maximum absolute atomic E-state index is 11.9. The first-order chi connectivity index (χ1) is 8.53. The summed E-state index contributed by atoms with van der Waals surface area (Å²) in [5, 5.41) is 16.5. The lowest BCUT2D eigenvalue weighted by atomic mass is 10.2. The third-order valence-corrected chi connectivity index (χ3v) is 3.33. The van der Waals surface area contributed by atoms with Gasteiger partial charge in [-0.15, -0.1) is 0 Å². The first-order valence-electron chi connectivity index (χ1n) is 6.46. The Morgan fingerprint density at radius 2 is 2.00 bits per heavy atom. The molecule has 1 heterocycles. The molecule has 1 aromatic heterocycles. The van der Waals surface area contributed by atoms with Crippen LogP contribution in [0.15, 0.2) is 0 Å². The molecule has 0 fully saturated rings. The summed E-state index contributed by atoms with van der Waals surface area (Å²) in [7, 11) is 0. The van der Waals surface area contributed by atoms with Gasteiger partial charge in [0.15, 0.2) is 0 Å². The molecule has 0 spiro atoms. The van der Waals surface area contributed by atoms with Gasteiger partial charge in [0.05, 0.1) is 12.3 Å². The number of nitrogens with zero attached hydrogens (tertiary/aromatic N) is 2. The number of aromatic nitrogens is 2. The standard InChI is InChI=1S/C13H23N3O2/c1-5-11(6-2)14-13(18)7-16-10(4)12(8-17)9(3)15-16/h11,17H,5-8H2,1-4H3,(H,14,18). The van der Waals surface area contributed by atoms with E-state index in [4.69, 9.17) is 0 Å². The summed E-state index contributed by atoms with van der Waals surface area (Å²) in [6, 6.07) is 0.228. The highest BCUT2D eigenvalue weighted by molar-refractivity contribution is 5.76. The summed E-state index contributed by atoms with van der Waals surface area (Å²) in [6.45, 7) is 8.00. The molecule has 5 heteroatoms. The molecule has 1 rings (SSSR count). The van der Waals surface area contributed by atoms with E-state index in [1.165, 1.54) is 0 Å². The molecule has 0 unspecified atom stereocenters. The quantitative estimate of drug-likeness (QED) is 0.803. The fourth-order valence-corrected chi connectivity index (χ4v) is 2.02. The molecular weight excluding hydrogens is 230 g/mol. The van der Waals surface area contributed by atoms with Gasteiger partial charge >= 0.3 is 0 Å². The molecule has 1 amide bonds. The molecule has 0 aliphatic heterocycles. The van der Waals surface area contributed by atoms with E-state index in [2.05, 4.69) is 24.3 Å². The fourth-order valence-electron chi connectivity index (χ4n) is 2.02. The summed E-state index contributed by atoms with van der Waals surface area (Å²) >= 11 is 0. The van der Waals surface area contributed by atoms with Gasteiger partial charge in [-0.25, -0.2) is 0 Å². The summed E-state index contributed by atoms with van der Waals surface area (Å²) in [5.41, 5.74) is 2.45. The average molecular weight is 253 g/mol. The molecule has 1 aromatic rings. The monoisotopic (exact) mass is 253 g/mol. The molecule has 0 saturated heterocycles. The van der Waals surface area contributed by atoms with Gasteiger partial charge < -0.3 is 10.4 Å². The predicted molar refractivity (Wildman–Crippen MR) is 70.1 cm³/mol. The van der Waals surface area contributed by atoms with E-state index in [1.807, 2.05) is 13.8 Å². The van der Waals surface area contributed by atoms with Gasteiger partial charge in [-0.1, -0.05) is 13.8 Å². The molecule has 0 atom stereocenters. The summed E-state index contributed by atoms with van der Waals surface area (Å²) in [6.07, 6.45) is 1.86. The first-order valence-corrected chi connectivity index (χ1v) is 6.46. The van der Waals surface area contributed by atoms with Crippen molar-refractivity contribution in [3.8, 4) is 0 Å². The third kappa shape index (κ3) is 3.32. The molecule has 0 radical (unpaired) electrons. The Labute approximate surface area is 108 Å². The van der Waals surface area contributed by atoms with Crippen molar-refractivity contribution in [3.63, 3.8) is 0 Å². The van der Waals surface area contributed by atoms with Gasteiger partial charge in [0.1, 0.15) is 6.54 Å². The summed E-state index contributed by atoms with van der Waals surface area (Å²) < 4.78 is 1.65. The molecule has 18 heavy (non-hydrogen) atoms. The molecular formula is C13H23N3O2. The maximum Gasteiger partial charge on any atom is 0.241 e. The van der Waals surface area contributed by atoms with Crippen LogP contribution in [0.5, 0.6) is 0 Å². The van der Waals surface area contributed by atoms with Crippen LogP contribution in [0.4, 0.5) is 0 Å². The maximum atomic E-state index is 11.9. The van der Waals surface area contributed by atoms with Gasteiger partial charge in [-0.3, -0.25) is 9.48 Å². The molecule has 2 N–H and O–H groups in total. The van der Waals surface area contributed by atoms with Crippen molar-refractivity contribution in [2.24, 2.45) is 0 Å². The molecule has 102 valence electrons. The van der Waals surface area contributed by atoms with E-state index in [9.17, 15) is 9.90 Å². The van der Waals surface area contributed by atoms with Crippen LogP contribution in [-0.2, 0) is 17.9 Å². The van der Waals surface area contributed by atoms with Crippen molar-refractivity contribution in [1.82, 2.24) is 15.1 Å². The van der Waals surface area contributed by atoms with E-state index in [0.29, 0.717) is 0 Å². The number of aliphatic hydroxyl groups is 1.